The Morgan fingerprint density at radius 3 is 2.29 bits per heavy atom. The average molecular weight is 420 g/mol. The first-order valence-corrected chi connectivity index (χ1v) is 10.2. The summed E-state index contributed by atoms with van der Waals surface area (Å²) in [5, 5.41) is 5.69. The van der Waals surface area contributed by atoms with E-state index in [1.54, 1.807) is 43.3 Å². The van der Waals surface area contributed by atoms with Crippen LogP contribution in [0.5, 0.6) is 5.75 Å². The van der Waals surface area contributed by atoms with Crippen LogP contribution in [-0.4, -0.2) is 17.9 Å². The van der Waals surface area contributed by atoms with Gasteiger partial charge in [-0.25, -0.2) is 4.39 Å². The first-order chi connectivity index (χ1) is 15.0. The van der Waals surface area contributed by atoms with Gasteiger partial charge in [-0.3, -0.25) is 9.59 Å². The summed E-state index contributed by atoms with van der Waals surface area (Å²) in [6, 6.07) is 22.1. The SMILES string of the molecule is CC[C@@H](Oc1ccccc1F)C(=O)Nc1ccccc1C(=O)N[C@H](C)c1ccccc1. The molecule has 160 valence electrons. The van der Waals surface area contributed by atoms with Gasteiger partial charge in [0.1, 0.15) is 0 Å². The minimum absolute atomic E-state index is 0.00668. The molecule has 0 fully saturated rings. The Kier molecular flexibility index (Phi) is 7.38. The summed E-state index contributed by atoms with van der Waals surface area (Å²) in [6.07, 6.45) is -0.573. The summed E-state index contributed by atoms with van der Waals surface area (Å²) in [5.74, 6) is -1.30. The summed E-state index contributed by atoms with van der Waals surface area (Å²) >= 11 is 0. The maximum Gasteiger partial charge on any atom is 0.265 e. The molecule has 0 saturated heterocycles. The Hall–Kier alpha value is -3.67. The lowest BCUT2D eigenvalue weighted by atomic mass is 10.1. The highest BCUT2D eigenvalue weighted by molar-refractivity contribution is 6.04. The first kappa shape index (κ1) is 22.0. The van der Waals surface area contributed by atoms with E-state index in [-0.39, 0.29) is 17.7 Å². The van der Waals surface area contributed by atoms with Crippen LogP contribution in [0.4, 0.5) is 10.1 Å². The predicted molar refractivity (Wildman–Crippen MR) is 119 cm³/mol. The van der Waals surface area contributed by atoms with Gasteiger partial charge in [0.2, 0.25) is 0 Å². The van der Waals surface area contributed by atoms with Crippen LogP contribution in [0.3, 0.4) is 0 Å². The molecule has 0 heterocycles. The van der Waals surface area contributed by atoms with E-state index in [0.717, 1.165) is 5.56 Å². The molecule has 0 aromatic heterocycles. The molecule has 0 spiro atoms. The molecule has 0 saturated carbocycles. The number of halogens is 1. The smallest absolute Gasteiger partial charge is 0.265 e. The molecular formula is C25H25FN2O3. The maximum absolute atomic E-state index is 13.9. The highest BCUT2D eigenvalue weighted by Gasteiger charge is 2.22. The number of carbonyl (C=O) groups is 2. The molecule has 3 aromatic rings. The van der Waals surface area contributed by atoms with Crippen molar-refractivity contribution in [3.8, 4) is 5.75 Å². The summed E-state index contributed by atoms with van der Waals surface area (Å²) < 4.78 is 19.5. The standard InChI is InChI=1S/C25H25FN2O3/c1-3-22(31-23-16-10-8-14-20(23)26)25(30)28-21-15-9-7-13-19(21)24(29)27-17(2)18-11-5-4-6-12-18/h4-17,22H,3H2,1-2H3,(H,27,29)(H,28,30)/t17-,22-/m1/s1. The highest BCUT2D eigenvalue weighted by atomic mass is 19.1. The molecule has 3 aromatic carbocycles. The highest BCUT2D eigenvalue weighted by Crippen LogP contribution is 2.21. The predicted octanol–water partition coefficient (Wildman–Crippen LogP) is 5.11. The molecule has 0 unspecified atom stereocenters. The zero-order valence-electron chi connectivity index (χ0n) is 17.5. The van der Waals surface area contributed by atoms with Crippen molar-refractivity contribution >= 4 is 17.5 Å². The third-order valence-corrected chi connectivity index (χ3v) is 4.85. The number of hydrogen-bond acceptors (Lipinski definition) is 3. The minimum atomic E-state index is -0.906. The van der Waals surface area contributed by atoms with E-state index in [9.17, 15) is 14.0 Å². The molecule has 3 rings (SSSR count). The molecule has 0 aliphatic heterocycles. The lowest BCUT2D eigenvalue weighted by molar-refractivity contribution is -0.122. The number of amides is 2. The van der Waals surface area contributed by atoms with Crippen LogP contribution in [0.1, 0.15) is 42.2 Å². The second-order valence-electron chi connectivity index (χ2n) is 7.09. The van der Waals surface area contributed by atoms with Gasteiger partial charge in [0.05, 0.1) is 17.3 Å². The van der Waals surface area contributed by atoms with Gasteiger partial charge in [-0.1, -0.05) is 61.5 Å². The summed E-state index contributed by atoms with van der Waals surface area (Å²) in [5.41, 5.74) is 1.67. The van der Waals surface area contributed by atoms with E-state index < -0.39 is 17.8 Å². The molecule has 2 atom stereocenters. The molecule has 0 radical (unpaired) electrons. The molecule has 5 nitrogen and oxygen atoms in total. The molecule has 2 N–H and O–H groups in total. The Morgan fingerprint density at radius 1 is 0.935 bits per heavy atom. The second kappa shape index (κ2) is 10.4. The van der Waals surface area contributed by atoms with Crippen LogP contribution < -0.4 is 15.4 Å². The van der Waals surface area contributed by atoms with Gasteiger partial charge in [0.25, 0.3) is 11.8 Å². The van der Waals surface area contributed by atoms with E-state index in [2.05, 4.69) is 10.6 Å². The number of para-hydroxylation sites is 2. The number of hydrogen-bond donors (Lipinski definition) is 2. The van der Waals surface area contributed by atoms with Gasteiger partial charge in [-0.05, 0) is 43.2 Å². The third-order valence-electron chi connectivity index (χ3n) is 4.85. The second-order valence-corrected chi connectivity index (χ2v) is 7.09. The van der Waals surface area contributed by atoms with E-state index in [1.807, 2.05) is 37.3 Å². The minimum Gasteiger partial charge on any atom is -0.478 e. The lowest BCUT2D eigenvalue weighted by Crippen LogP contribution is -2.34. The number of rotatable bonds is 8. The van der Waals surface area contributed by atoms with Crippen LogP contribution in [0.25, 0.3) is 0 Å². The Bertz CT molecular complexity index is 1040. The topological polar surface area (TPSA) is 67.4 Å². The third kappa shape index (κ3) is 5.69. The number of benzene rings is 3. The van der Waals surface area contributed by atoms with E-state index in [1.165, 1.54) is 12.1 Å². The molecule has 0 bridgehead atoms. The Morgan fingerprint density at radius 2 is 1.58 bits per heavy atom. The van der Waals surface area contributed by atoms with Gasteiger partial charge >= 0.3 is 0 Å². The van der Waals surface area contributed by atoms with E-state index in [4.69, 9.17) is 4.74 Å². The van der Waals surface area contributed by atoms with Crippen LogP contribution in [-0.2, 0) is 4.79 Å². The van der Waals surface area contributed by atoms with Crippen molar-refractivity contribution in [2.24, 2.45) is 0 Å². The fraction of sp³-hybridized carbons (Fsp3) is 0.200. The monoisotopic (exact) mass is 420 g/mol. The van der Waals surface area contributed by atoms with Crippen molar-refractivity contribution in [1.82, 2.24) is 5.32 Å². The quantitative estimate of drug-likeness (QED) is 0.532. The maximum atomic E-state index is 13.9. The largest absolute Gasteiger partial charge is 0.478 e. The fourth-order valence-electron chi connectivity index (χ4n) is 3.12. The van der Waals surface area contributed by atoms with Crippen molar-refractivity contribution in [3.05, 3.63) is 95.8 Å². The van der Waals surface area contributed by atoms with Gasteiger partial charge in [-0.2, -0.15) is 0 Å². The number of ether oxygens (including phenoxy) is 1. The van der Waals surface area contributed by atoms with Crippen LogP contribution in [0, 0.1) is 5.82 Å². The van der Waals surface area contributed by atoms with Gasteiger partial charge in [-0.15, -0.1) is 0 Å². The zero-order chi connectivity index (χ0) is 22.2. The summed E-state index contributed by atoms with van der Waals surface area (Å²) in [7, 11) is 0. The zero-order valence-corrected chi connectivity index (χ0v) is 17.5. The van der Waals surface area contributed by atoms with Crippen molar-refractivity contribution < 1.29 is 18.7 Å². The van der Waals surface area contributed by atoms with Gasteiger partial charge in [0.15, 0.2) is 17.7 Å². The average Bonchev–Trinajstić information content (AvgIpc) is 2.79. The normalized spacial score (nSPS) is 12.5. The summed E-state index contributed by atoms with van der Waals surface area (Å²) in [6.45, 7) is 3.66. The van der Waals surface area contributed by atoms with E-state index >= 15 is 0 Å². The van der Waals surface area contributed by atoms with Crippen molar-refractivity contribution in [3.63, 3.8) is 0 Å². The summed E-state index contributed by atoms with van der Waals surface area (Å²) in [4.78, 5) is 25.7. The Balaban J connectivity index is 1.72. The van der Waals surface area contributed by atoms with Gasteiger partial charge in [0, 0.05) is 0 Å². The number of carbonyl (C=O) groups excluding carboxylic acids is 2. The molecule has 0 aliphatic carbocycles. The number of anilines is 1. The van der Waals surface area contributed by atoms with Crippen LogP contribution in [0.15, 0.2) is 78.9 Å². The van der Waals surface area contributed by atoms with Crippen LogP contribution >= 0.6 is 0 Å². The fourth-order valence-corrected chi connectivity index (χ4v) is 3.12. The number of nitrogens with one attached hydrogen (secondary N) is 2. The Labute approximate surface area is 181 Å². The first-order valence-electron chi connectivity index (χ1n) is 10.2. The molecular weight excluding hydrogens is 395 g/mol. The molecule has 31 heavy (non-hydrogen) atoms. The van der Waals surface area contributed by atoms with Crippen molar-refractivity contribution in [1.29, 1.82) is 0 Å². The lowest BCUT2D eigenvalue weighted by Gasteiger charge is -2.19. The van der Waals surface area contributed by atoms with Crippen molar-refractivity contribution in [2.75, 3.05) is 5.32 Å². The molecule has 0 aliphatic rings. The molecule has 6 heteroatoms. The van der Waals surface area contributed by atoms with Gasteiger partial charge < -0.3 is 15.4 Å². The van der Waals surface area contributed by atoms with Crippen LogP contribution in [0.2, 0.25) is 0 Å². The van der Waals surface area contributed by atoms with E-state index in [0.29, 0.717) is 17.7 Å². The molecule has 2 amide bonds. The van der Waals surface area contributed by atoms with Crippen molar-refractivity contribution in [2.45, 2.75) is 32.4 Å².